The zero-order valence-corrected chi connectivity index (χ0v) is 13.2. The van der Waals surface area contributed by atoms with Gasteiger partial charge >= 0.3 is 0 Å². The first kappa shape index (κ1) is 15.0. The largest absolute Gasteiger partial charge is 0.488 e. The standard InChI is InChI=1S/C18H18N4O/c1-14-20-21-15(2)22(14)19-12-17-10-6-7-11-18(17)23-13-16-8-4-3-5-9-16/h3-12H,13H2,1-2H3/b19-12-. The molecule has 0 unspecified atom stereocenters. The van der Waals surface area contributed by atoms with Crippen LogP contribution in [0.15, 0.2) is 59.7 Å². The van der Waals surface area contributed by atoms with E-state index < -0.39 is 0 Å². The van der Waals surface area contributed by atoms with Crippen molar-refractivity contribution < 1.29 is 4.74 Å². The van der Waals surface area contributed by atoms with Crippen LogP contribution in [0.3, 0.4) is 0 Å². The van der Waals surface area contributed by atoms with E-state index in [1.54, 1.807) is 10.9 Å². The molecule has 3 aromatic rings. The monoisotopic (exact) mass is 306 g/mol. The van der Waals surface area contributed by atoms with Gasteiger partial charge < -0.3 is 4.74 Å². The molecule has 0 aliphatic rings. The van der Waals surface area contributed by atoms with E-state index in [9.17, 15) is 0 Å². The average Bonchev–Trinajstić information content (AvgIpc) is 2.91. The molecule has 0 spiro atoms. The van der Waals surface area contributed by atoms with Crippen molar-refractivity contribution in [3.05, 3.63) is 77.4 Å². The van der Waals surface area contributed by atoms with Crippen LogP contribution in [0.4, 0.5) is 0 Å². The second-order valence-corrected chi connectivity index (χ2v) is 5.16. The van der Waals surface area contributed by atoms with Gasteiger partial charge in [0, 0.05) is 5.56 Å². The minimum atomic E-state index is 0.524. The molecule has 0 aliphatic carbocycles. The fourth-order valence-electron chi connectivity index (χ4n) is 2.20. The summed E-state index contributed by atoms with van der Waals surface area (Å²) in [5.74, 6) is 2.30. The summed E-state index contributed by atoms with van der Waals surface area (Å²) in [4.78, 5) is 0. The third-order valence-corrected chi connectivity index (χ3v) is 3.42. The molecule has 5 nitrogen and oxygen atoms in total. The highest BCUT2D eigenvalue weighted by molar-refractivity contribution is 5.83. The van der Waals surface area contributed by atoms with Crippen molar-refractivity contribution >= 4 is 6.21 Å². The molecule has 0 radical (unpaired) electrons. The molecule has 23 heavy (non-hydrogen) atoms. The number of aryl methyl sites for hydroxylation is 2. The molecule has 0 N–H and O–H groups in total. The molecule has 3 rings (SSSR count). The summed E-state index contributed by atoms with van der Waals surface area (Å²) in [6, 6.07) is 17.9. The third kappa shape index (κ3) is 3.63. The van der Waals surface area contributed by atoms with Crippen LogP contribution in [-0.2, 0) is 6.61 Å². The molecule has 0 saturated heterocycles. The van der Waals surface area contributed by atoms with Crippen molar-refractivity contribution in [1.82, 2.24) is 14.9 Å². The Morgan fingerprint density at radius 1 is 0.957 bits per heavy atom. The molecule has 0 atom stereocenters. The molecular formula is C18H18N4O. The maximum absolute atomic E-state index is 5.92. The van der Waals surface area contributed by atoms with E-state index in [0.717, 1.165) is 28.5 Å². The number of nitrogens with zero attached hydrogens (tertiary/aromatic N) is 4. The lowest BCUT2D eigenvalue weighted by atomic mass is 10.2. The van der Waals surface area contributed by atoms with E-state index in [0.29, 0.717) is 6.61 Å². The first-order chi connectivity index (χ1) is 11.2. The van der Waals surface area contributed by atoms with Crippen LogP contribution in [0.25, 0.3) is 0 Å². The fourth-order valence-corrected chi connectivity index (χ4v) is 2.20. The molecule has 1 aromatic heterocycles. The van der Waals surface area contributed by atoms with E-state index >= 15 is 0 Å². The van der Waals surface area contributed by atoms with E-state index in [4.69, 9.17) is 4.74 Å². The molecule has 5 heteroatoms. The van der Waals surface area contributed by atoms with Crippen molar-refractivity contribution in [3.63, 3.8) is 0 Å². The highest BCUT2D eigenvalue weighted by Crippen LogP contribution is 2.18. The van der Waals surface area contributed by atoms with Gasteiger partial charge in [-0.25, -0.2) is 4.68 Å². The van der Waals surface area contributed by atoms with Crippen LogP contribution < -0.4 is 4.74 Å². The van der Waals surface area contributed by atoms with E-state index in [1.807, 2.05) is 68.4 Å². The molecule has 116 valence electrons. The molecule has 0 amide bonds. The number of rotatable bonds is 5. The number of aromatic nitrogens is 3. The number of hydrogen-bond acceptors (Lipinski definition) is 4. The second-order valence-electron chi connectivity index (χ2n) is 5.16. The summed E-state index contributed by atoms with van der Waals surface area (Å²) in [7, 11) is 0. The van der Waals surface area contributed by atoms with Crippen molar-refractivity contribution in [3.8, 4) is 5.75 Å². The highest BCUT2D eigenvalue weighted by atomic mass is 16.5. The second kappa shape index (κ2) is 6.87. The molecule has 0 bridgehead atoms. The fraction of sp³-hybridized carbons (Fsp3) is 0.167. The number of ether oxygens (including phenoxy) is 1. The van der Waals surface area contributed by atoms with Gasteiger partial charge in [-0.2, -0.15) is 5.10 Å². The van der Waals surface area contributed by atoms with Gasteiger partial charge in [0.05, 0.1) is 6.21 Å². The molecule has 0 fully saturated rings. The van der Waals surface area contributed by atoms with Crippen LogP contribution in [0.2, 0.25) is 0 Å². The van der Waals surface area contributed by atoms with Crippen molar-refractivity contribution in [2.24, 2.45) is 5.10 Å². The number of para-hydroxylation sites is 1. The molecular weight excluding hydrogens is 288 g/mol. The summed E-state index contributed by atoms with van der Waals surface area (Å²) >= 11 is 0. The zero-order valence-electron chi connectivity index (χ0n) is 13.2. The molecule has 1 heterocycles. The van der Waals surface area contributed by atoms with Crippen LogP contribution in [0.5, 0.6) is 5.75 Å². The smallest absolute Gasteiger partial charge is 0.151 e. The predicted octanol–water partition coefficient (Wildman–Crippen LogP) is 3.36. The van der Waals surface area contributed by atoms with E-state index in [-0.39, 0.29) is 0 Å². The topological polar surface area (TPSA) is 52.3 Å². The summed E-state index contributed by atoms with van der Waals surface area (Å²) in [6.07, 6.45) is 1.77. The van der Waals surface area contributed by atoms with Gasteiger partial charge in [-0.3, -0.25) is 0 Å². The first-order valence-electron chi connectivity index (χ1n) is 7.43. The van der Waals surface area contributed by atoms with Crippen LogP contribution in [-0.4, -0.2) is 21.1 Å². The number of benzene rings is 2. The van der Waals surface area contributed by atoms with Crippen molar-refractivity contribution in [1.29, 1.82) is 0 Å². The Kier molecular flexibility index (Phi) is 4.47. The van der Waals surface area contributed by atoms with Crippen molar-refractivity contribution in [2.45, 2.75) is 20.5 Å². The third-order valence-electron chi connectivity index (χ3n) is 3.42. The van der Waals surface area contributed by atoms with Crippen LogP contribution >= 0.6 is 0 Å². The van der Waals surface area contributed by atoms with Gasteiger partial charge in [-0.1, -0.05) is 42.5 Å². The summed E-state index contributed by atoms with van der Waals surface area (Å²) in [5.41, 5.74) is 2.04. The van der Waals surface area contributed by atoms with Crippen LogP contribution in [0.1, 0.15) is 22.8 Å². The Balaban J connectivity index is 1.78. The number of hydrogen-bond donors (Lipinski definition) is 0. The quantitative estimate of drug-likeness (QED) is 0.679. The van der Waals surface area contributed by atoms with Gasteiger partial charge in [0.25, 0.3) is 0 Å². The Morgan fingerprint density at radius 3 is 2.35 bits per heavy atom. The molecule has 0 saturated carbocycles. The van der Waals surface area contributed by atoms with Crippen LogP contribution in [0, 0.1) is 13.8 Å². The maximum Gasteiger partial charge on any atom is 0.151 e. The molecule has 0 aliphatic heterocycles. The van der Waals surface area contributed by atoms with Gasteiger partial charge in [0.2, 0.25) is 0 Å². The SMILES string of the molecule is Cc1nnc(C)n1/N=C\c1ccccc1OCc1ccccc1. The van der Waals surface area contributed by atoms with Gasteiger partial charge in [-0.15, -0.1) is 10.2 Å². The lowest BCUT2D eigenvalue weighted by Gasteiger charge is -2.09. The van der Waals surface area contributed by atoms with Gasteiger partial charge in [-0.05, 0) is 31.5 Å². The zero-order chi connectivity index (χ0) is 16.1. The lowest BCUT2D eigenvalue weighted by molar-refractivity contribution is 0.306. The normalized spacial score (nSPS) is 11.0. The lowest BCUT2D eigenvalue weighted by Crippen LogP contribution is -2.00. The Bertz CT molecular complexity index is 789. The van der Waals surface area contributed by atoms with Gasteiger partial charge in [0.1, 0.15) is 12.4 Å². The van der Waals surface area contributed by atoms with Gasteiger partial charge in [0.15, 0.2) is 11.6 Å². The maximum atomic E-state index is 5.92. The Labute approximate surface area is 135 Å². The minimum absolute atomic E-state index is 0.524. The van der Waals surface area contributed by atoms with E-state index in [2.05, 4.69) is 15.3 Å². The Hall–Kier alpha value is -2.95. The molecule has 2 aromatic carbocycles. The summed E-state index contributed by atoms with van der Waals surface area (Å²) < 4.78 is 7.62. The first-order valence-corrected chi connectivity index (χ1v) is 7.43. The Morgan fingerprint density at radius 2 is 1.61 bits per heavy atom. The predicted molar refractivity (Wildman–Crippen MR) is 89.7 cm³/mol. The summed E-state index contributed by atoms with van der Waals surface area (Å²) in [5, 5.41) is 12.4. The van der Waals surface area contributed by atoms with E-state index in [1.165, 1.54) is 0 Å². The average molecular weight is 306 g/mol. The highest BCUT2D eigenvalue weighted by Gasteiger charge is 2.04. The summed E-state index contributed by atoms with van der Waals surface area (Å²) in [6.45, 7) is 4.26. The minimum Gasteiger partial charge on any atom is -0.488 e. The van der Waals surface area contributed by atoms with Crippen molar-refractivity contribution in [2.75, 3.05) is 0 Å².